The molecule has 1 unspecified atom stereocenters. The molecule has 122 valence electrons. The van der Waals surface area contributed by atoms with Crippen molar-refractivity contribution in [2.75, 3.05) is 18.6 Å². The van der Waals surface area contributed by atoms with Crippen molar-refractivity contribution in [1.29, 1.82) is 0 Å². The molecule has 0 saturated carbocycles. The third-order valence-electron chi connectivity index (χ3n) is 5.33. The van der Waals surface area contributed by atoms with E-state index in [9.17, 15) is 9.59 Å². The first-order valence-electron chi connectivity index (χ1n) is 8.17. The Hall–Kier alpha value is -2.62. The van der Waals surface area contributed by atoms with Crippen LogP contribution in [0.3, 0.4) is 0 Å². The van der Waals surface area contributed by atoms with Crippen LogP contribution in [0.2, 0.25) is 0 Å². The minimum atomic E-state index is -0.959. The molecule has 4 nitrogen and oxygen atoms in total. The molecule has 0 aromatic heterocycles. The molecule has 0 bridgehead atoms. The monoisotopic (exact) mass is 321 g/mol. The van der Waals surface area contributed by atoms with Crippen molar-refractivity contribution in [1.82, 2.24) is 0 Å². The Balaban J connectivity index is 1.75. The number of ketones is 1. The summed E-state index contributed by atoms with van der Waals surface area (Å²) in [5.41, 5.74) is 2.48. The number of anilines is 1. The highest BCUT2D eigenvalue weighted by Gasteiger charge is 2.57. The van der Waals surface area contributed by atoms with Gasteiger partial charge in [0.1, 0.15) is 11.2 Å². The highest BCUT2D eigenvalue weighted by atomic mass is 16.5. The maximum absolute atomic E-state index is 13.2. The number of carbonyl (C=O) groups is 2. The van der Waals surface area contributed by atoms with Gasteiger partial charge in [0, 0.05) is 23.4 Å². The van der Waals surface area contributed by atoms with E-state index in [1.807, 2.05) is 43.3 Å². The molecule has 1 aliphatic heterocycles. The molecule has 1 fully saturated rings. The van der Waals surface area contributed by atoms with E-state index in [4.69, 9.17) is 4.74 Å². The van der Waals surface area contributed by atoms with Gasteiger partial charge >= 0.3 is 0 Å². The zero-order chi connectivity index (χ0) is 16.9. The molecule has 1 aliphatic carbocycles. The summed E-state index contributed by atoms with van der Waals surface area (Å²) < 4.78 is 5.40. The van der Waals surface area contributed by atoms with Gasteiger partial charge in [-0.25, -0.2) is 0 Å². The van der Waals surface area contributed by atoms with Crippen LogP contribution in [-0.4, -0.2) is 25.3 Å². The molecular formula is C20H19NO3. The van der Waals surface area contributed by atoms with Gasteiger partial charge in [0.05, 0.1) is 7.11 Å². The van der Waals surface area contributed by atoms with E-state index in [2.05, 4.69) is 0 Å². The van der Waals surface area contributed by atoms with Gasteiger partial charge in [-0.15, -0.1) is 0 Å². The van der Waals surface area contributed by atoms with Crippen LogP contribution in [0.4, 0.5) is 5.69 Å². The Morgan fingerprint density at radius 3 is 2.62 bits per heavy atom. The number of nitrogens with zero attached hydrogens (tertiary/aromatic N) is 1. The molecule has 24 heavy (non-hydrogen) atoms. The smallest absolute Gasteiger partial charge is 0.241 e. The van der Waals surface area contributed by atoms with Gasteiger partial charge in [0.2, 0.25) is 5.91 Å². The zero-order valence-electron chi connectivity index (χ0n) is 13.8. The lowest BCUT2D eigenvalue weighted by Crippen LogP contribution is -2.39. The standard InChI is InChI=1S/C20H19NO3/c1-13-6-3-4-8-16(13)21-11-10-20(19(21)23)12-15-14(18(20)22)7-5-9-17(15)24-2/h3-9H,10-12H2,1-2H3. The molecular weight excluding hydrogens is 302 g/mol. The number of benzene rings is 2. The van der Waals surface area contributed by atoms with E-state index < -0.39 is 5.41 Å². The van der Waals surface area contributed by atoms with Crippen LogP contribution in [0, 0.1) is 12.3 Å². The van der Waals surface area contributed by atoms with E-state index in [1.54, 1.807) is 18.1 Å². The fourth-order valence-corrected chi connectivity index (χ4v) is 4.03. The molecule has 0 N–H and O–H groups in total. The highest BCUT2D eigenvalue weighted by molar-refractivity contribution is 6.22. The summed E-state index contributed by atoms with van der Waals surface area (Å²) in [5.74, 6) is 0.553. The lowest BCUT2D eigenvalue weighted by Gasteiger charge is -2.22. The molecule has 1 atom stereocenters. The molecule has 2 aromatic carbocycles. The Labute approximate surface area is 141 Å². The van der Waals surface area contributed by atoms with Crippen molar-refractivity contribution in [2.24, 2.45) is 5.41 Å². The number of hydrogen-bond acceptors (Lipinski definition) is 3. The van der Waals surface area contributed by atoms with Crippen molar-refractivity contribution in [3.63, 3.8) is 0 Å². The second-order valence-corrected chi connectivity index (χ2v) is 6.57. The van der Waals surface area contributed by atoms with Crippen LogP contribution in [0.5, 0.6) is 5.75 Å². The SMILES string of the molecule is COc1cccc2c1CC1(CCN(c3ccccc3C)C1=O)C2=O. The number of carbonyl (C=O) groups excluding carboxylic acids is 2. The summed E-state index contributed by atoms with van der Waals surface area (Å²) in [6.07, 6.45) is 0.989. The first-order chi connectivity index (χ1) is 11.6. The molecule has 0 radical (unpaired) electrons. The average molecular weight is 321 g/mol. The summed E-state index contributed by atoms with van der Waals surface area (Å²) in [6.45, 7) is 2.56. The van der Waals surface area contributed by atoms with Gasteiger partial charge in [-0.05, 0) is 37.5 Å². The molecule has 2 aliphatic rings. The molecule has 2 aromatic rings. The van der Waals surface area contributed by atoms with Crippen molar-refractivity contribution in [2.45, 2.75) is 19.8 Å². The van der Waals surface area contributed by atoms with Crippen LogP contribution in [-0.2, 0) is 11.2 Å². The number of amides is 1. The maximum Gasteiger partial charge on any atom is 0.241 e. The first kappa shape index (κ1) is 14.9. The highest BCUT2D eigenvalue weighted by Crippen LogP contribution is 2.48. The van der Waals surface area contributed by atoms with Gasteiger partial charge < -0.3 is 9.64 Å². The molecule has 1 saturated heterocycles. The number of methoxy groups -OCH3 is 1. The number of rotatable bonds is 2. The van der Waals surface area contributed by atoms with Gasteiger partial charge in [-0.3, -0.25) is 9.59 Å². The summed E-state index contributed by atoms with van der Waals surface area (Å²) in [5, 5.41) is 0. The molecule has 4 rings (SSSR count). The second kappa shape index (κ2) is 5.20. The lowest BCUT2D eigenvalue weighted by atomic mass is 9.82. The summed E-state index contributed by atoms with van der Waals surface area (Å²) in [6, 6.07) is 13.3. The minimum Gasteiger partial charge on any atom is -0.496 e. The number of para-hydroxylation sites is 1. The minimum absolute atomic E-state index is 0.0579. The largest absolute Gasteiger partial charge is 0.496 e. The Morgan fingerprint density at radius 1 is 1.08 bits per heavy atom. The fourth-order valence-electron chi connectivity index (χ4n) is 4.03. The number of ether oxygens (including phenoxy) is 1. The van der Waals surface area contributed by atoms with Gasteiger partial charge in [0.25, 0.3) is 0 Å². The molecule has 1 heterocycles. The van der Waals surface area contributed by atoms with Crippen molar-refractivity contribution in [3.8, 4) is 5.75 Å². The van der Waals surface area contributed by atoms with Gasteiger partial charge in [-0.2, -0.15) is 0 Å². The fraction of sp³-hybridized carbons (Fsp3) is 0.300. The number of fused-ring (bicyclic) bond motifs is 1. The van der Waals surface area contributed by atoms with Crippen LogP contribution in [0.15, 0.2) is 42.5 Å². The average Bonchev–Trinajstić information content (AvgIpc) is 3.07. The van der Waals surface area contributed by atoms with Gasteiger partial charge in [0.15, 0.2) is 5.78 Å². The van der Waals surface area contributed by atoms with E-state index >= 15 is 0 Å². The van der Waals surface area contributed by atoms with Crippen LogP contribution < -0.4 is 9.64 Å². The van der Waals surface area contributed by atoms with Crippen LogP contribution in [0.25, 0.3) is 0 Å². The Bertz CT molecular complexity index is 858. The van der Waals surface area contributed by atoms with E-state index in [0.29, 0.717) is 30.7 Å². The summed E-state index contributed by atoms with van der Waals surface area (Å²) in [7, 11) is 1.60. The quantitative estimate of drug-likeness (QED) is 0.798. The third-order valence-corrected chi connectivity index (χ3v) is 5.33. The van der Waals surface area contributed by atoms with Crippen molar-refractivity contribution < 1.29 is 14.3 Å². The van der Waals surface area contributed by atoms with E-state index in [0.717, 1.165) is 16.8 Å². The lowest BCUT2D eigenvalue weighted by molar-refractivity contribution is -0.123. The number of hydrogen-bond donors (Lipinski definition) is 0. The van der Waals surface area contributed by atoms with E-state index in [-0.39, 0.29) is 11.7 Å². The first-order valence-corrected chi connectivity index (χ1v) is 8.17. The van der Waals surface area contributed by atoms with Crippen molar-refractivity contribution in [3.05, 3.63) is 59.2 Å². The molecule has 1 spiro atoms. The zero-order valence-corrected chi connectivity index (χ0v) is 13.8. The van der Waals surface area contributed by atoms with Crippen molar-refractivity contribution >= 4 is 17.4 Å². The predicted molar refractivity (Wildman–Crippen MR) is 91.6 cm³/mol. The molecule has 1 amide bonds. The van der Waals surface area contributed by atoms with E-state index in [1.165, 1.54) is 0 Å². The Morgan fingerprint density at radius 2 is 1.88 bits per heavy atom. The van der Waals surface area contributed by atoms with Crippen LogP contribution in [0.1, 0.15) is 27.9 Å². The Kier molecular flexibility index (Phi) is 3.23. The number of aryl methyl sites for hydroxylation is 1. The summed E-state index contributed by atoms with van der Waals surface area (Å²) in [4.78, 5) is 28.1. The second-order valence-electron chi connectivity index (χ2n) is 6.57. The number of Topliss-reactive ketones (excluding diaryl/α,β-unsaturated/α-hetero) is 1. The maximum atomic E-state index is 13.2. The predicted octanol–water partition coefficient (Wildman–Crippen LogP) is 3.17. The summed E-state index contributed by atoms with van der Waals surface area (Å²) >= 11 is 0. The molecule has 4 heteroatoms. The van der Waals surface area contributed by atoms with Gasteiger partial charge in [-0.1, -0.05) is 30.3 Å². The normalized spacial score (nSPS) is 22.3. The topological polar surface area (TPSA) is 46.6 Å². The van der Waals surface area contributed by atoms with Crippen LogP contribution >= 0.6 is 0 Å². The third kappa shape index (κ3) is 1.86.